The summed E-state index contributed by atoms with van der Waals surface area (Å²) in [6.45, 7) is 4.00. The number of hydrogen-bond acceptors (Lipinski definition) is 3. The normalized spacial score (nSPS) is 14.7. The lowest BCUT2D eigenvalue weighted by Crippen LogP contribution is -2.55. The second-order valence-electron chi connectivity index (χ2n) is 4.26. The molecule has 0 heterocycles. The summed E-state index contributed by atoms with van der Waals surface area (Å²) in [5.41, 5.74) is 0. The molecule has 0 unspecified atom stereocenters. The number of halogens is 3. The van der Waals surface area contributed by atoms with Crippen LogP contribution in [-0.2, 0) is 14.4 Å². The van der Waals surface area contributed by atoms with Crippen molar-refractivity contribution in [3.63, 3.8) is 0 Å². The van der Waals surface area contributed by atoms with Crippen molar-refractivity contribution >= 4 is 17.8 Å². The van der Waals surface area contributed by atoms with Gasteiger partial charge in [0, 0.05) is 0 Å². The maximum Gasteiger partial charge on any atom is 0.471 e. The lowest BCUT2D eigenvalue weighted by atomic mass is 10.0. The zero-order valence-corrected chi connectivity index (χ0v) is 10.5. The summed E-state index contributed by atoms with van der Waals surface area (Å²) in [5.74, 6) is -5.20. The summed E-state index contributed by atoms with van der Waals surface area (Å²) < 4.78 is 36.3. The van der Waals surface area contributed by atoms with E-state index >= 15 is 0 Å². The molecule has 0 aliphatic rings. The largest absolute Gasteiger partial charge is 0.480 e. The van der Waals surface area contributed by atoms with Crippen LogP contribution in [-0.4, -0.2) is 41.2 Å². The van der Waals surface area contributed by atoms with E-state index in [0.717, 1.165) is 6.92 Å². The quantitative estimate of drug-likeness (QED) is 0.675. The van der Waals surface area contributed by atoms with Crippen LogP contribution in [0.5, 0.6) is 0 Å². The monoisotopic (exact) mass is 284 g/mol. The molecule has 2 atom stereocenters. The first kappa shape index (κ1) is 17.2. The van der Waals surface area contributed by atoms with Crippen molar-refractivity contribution in [2.75, 3.05) is 0 Å². The highest BCUT2D eigenvalue weighted by Crippen LogP contribution is 2.15. The van der Waals surface area contributed by atoms with Crippen molar-refractivity contribution in [2.45, 2.75) is 39.0 Å². The van der Waals surface area contributed by atoms with Gasteiger partial charge in [-0.25, -0.2) is 0 Å². The minimum Gasteiger partial charge on any atom is -0.480 e. The van der Waals surface area contributed by atoms with Gasteiger partial charge in [-0.15, -0.1) is 0 Å². The zero-order chi connectivity index (χ0) is 15.4. The molecule has 9 heteroatoms. The van der Waals surface area contributed by atoms with Gasteiger partial charge in [0.15, 0.2) is 0 Å². The van der Waals surface area contributed by atoms with Crippen LogP contribution in [0.3, 0.4) is 0 Å². The first-order chi connectivity index (χ1) is 8.46. The predicted molar refractivity (Wildman–Crippen MR) is 58.1 cm³/mol. The van der Waals surface area contributed by atoms with Crippen LogP contribution in [0.2, 0.25) is 0 Å². The number of carbonyl (C=O) groups is 3. The third kappa shape index (κ3) is 5.58. The Balaban J connectivity index is 4.79. The van der Waals surface area contributed by atoms with Gasteiger partial charge in [-0.1, -0.05) is 13.8 Å². The molecule has 0 aliphatic heterocycles. The molecule has 110 valence electrons. The van der Waals surface area contributed by atoms with E-state index in [1.807, 2.05) is 5.32 Å². The molecule has 0 rings (SSSR count). The second kappa shape index (κ2) is 6.39. The molecular formula is C10H15F3N2O4. The van der Waals surface area contributed by atoms with Gasteiger partial charge < -0.3 is 15.7 Å². The van der Waals surface area contributed by atoms with Gasteiger partial charge in [0.25, 0.3) is 0 Å². The van der Waals surface area contributed by atoms with Crippen LogP contribution >= 0.6 is 0 Å². The molecule has 19 heavy (non-hydrogen) atoms. The van der Waals surface area contributed by atoms with Crippen molar-refractivity contribution in [2.24, 2.45) is 5.92 Å². The number of amides is 2. The van der Waals surface area contributed by atoms with Gasteiger partial charge in [-0.2, -0.15) is 13.2 Å². The molecular weight excluding hydrogens is 269 g/mol. The Labute approximate surface area is 107 Å². The van der Waals surface area contributed by atoms with E-state index in [9.17, 15) is 27.6 Å². The van der Waals surface area contributed by atoms with E-state index in [1.54, 1.807) is 0 Å². The number of hydrogen-bond donors (Lipinski definition) is 3. The maximum absolute atomic E-state index is 12.1. The lowest BCUT2D eigenvalue weighted by molar-refractivity contribution is -0.175. The molecule has 0 aromatic rings. The summed E-state index contributed by atoms with van der Waals surface area (Å²) in [6, 6.07) is -2.73. The number of nitrogens with one attached hydrogen (secondary N) is 2. The van der Waals surface area contributed by atoms with Crippen molar-refractivity contribution in [3.05, 3.63) is 0 Å². The second-order valence-corrected chi connectivity index (χ2v) is 4.26. The zero-order valence-electron chi connectivity index (χ0n) is 10.5. The fourth-order valence-electron chi connectivity index (χ4n) is 1.12. The molecule has 0 bridgehead atoms. The lowest BCUT2D eigenvalue weighted by Gasteiger charge is -2.23. The van der Waals surface area contributed by atoms with Gasteiger partial charge in [0.05, 0.1) is 0 Å². The first-order valence-electron chi connectivity index (χ1n) is 5.37. The SMILES string of the molecule is CC(C)[C@H](NC(=O)C(F)(F)F)C(=O)N[C@@H](C)C(=O)O. The van der Waals surface area contributed by atoms with Crippen molar-refractivity contribution < 1.29 is 32.7 Å². The smallest absolute Gasteiger partial charge is 0.471 e. The molecule has 0 spiro atoms. The number of aliphatic carboxylic acids is 1. The number of carboxylic acids is 1. The van der Waals surface area contributed by atoms with Crippen LogP contribution in [0, 0.1) is 5.92 Å². The number of alkyl halides is 3. The molecule has 3 N–H and O–H groups in total. The molecule has 0 aromatic carbocycles. The van der Waals surface area contributed by atoms with E-state index in [-0.39, 0.29) is 0 Å². The molecule has 0 aromatic heterocycles. The van der Waals surface area contributed by atoms with Crippen LogP contribution < -0.4 is 10.6 Å². The average molecular weight is 284 g/mol. The Morgan fingerprint density at radius 2 is 1.53 bits per heavy atom. The van der Waals surface area contributed by atoms with E-state index in [0.29, 0.717) is 0 Å². The Morgan fingerprint density at radius 1 is 1.05 bits per heavy atom. The maximum atomic E-state index is 12.1. The number of rotatable bonds is 5. The molecule has 0 fully saturated rings. The molecule has 6 nitrogen and oxygen atoms in total. The van der Waals surface area contributed by atoms with Gasteiger partial charge in [-0.05, 0) is 12.8 Å². The molecule has 0 radical (unpaired) electrons. The van der Waals surface area contributed by atoms with Crippen LogP contribution in [0.4, 0.5) is 13.2 Å². The highest BCUT2D eigenvalue weighted by molar-refractivity contribution is 5.91. The third-order valence-corrected chi connectivity index (χ3v) is 2.22. The number of carboxylic acid groups (broad SMARTS) is 1. The van der Waals surface area contributed by atoms with E-state index < -0.39 is 42.0 Å². The highest BCUT2D eigenvalue weighted by atomic mass is 19.4. The predicted octanol–water partition coefficient (Wildman–Crippen LogP) is 0.279. The summed E-state index contributed by atoms with van der Waals surface area (Å²) in [4.78, 5) is 32.9. The van der Waals surface area contributed by atoms with Gasteiger partial charge in [-0.3, -0.25) is 14.4 Å². The minimum absolute atomic E-state index is 0.632. The standard InChI is InChI=1S/C10H15F3N2O4/c1-4(2)6(15-9(19)10(11,12)13)7(16)14-5(3)8(17)18/h4-6H,1-3H3,(H,14,16)(H,15,19)(H,17,18)/t5-,6-/m0/s1. The molecule has 2 amide bonds. The van der Waals surface area contributed by atoms with Crippen LogP contribution in [0.25, 0.3) is 0 Å². The Morgan fingerprint density at radius 3 is 1.84 bits per heavy atom. The number of carbonyl (C=O) groups excluding carboxylic acids is 2. The van der Waals surface area contributed by atoms with Gasteiger partial charge >= 0.3 is 18.1 Å². The molecule has 0 saturated heterocycles. The first-order valence-corrected chi connectivity index (χ1v) is 5.37. The van der Waals surface area contributed by atoms with E-state index in [1.165, 1.54) is 19.2 Å². The Hall–Kier alpha value is -1.80. The Bertz CT molecular complexity index is 368. The van der Waals surface area contributed by atoms with Crippen molar-refractivity contribution in [3.8, 4) is 0 Å². The van der Waals surface area contributed by atoms with Crippen LogP contribution in [0.1, 0.15) is 20.8 Å². The van der Waals surface area contributed by atoms with E-state index in [4.69, 9.17) is 5.11 Å². The fraction of sp³-hybridized carbons (Fsp3) is 0.700. The molecule has 0 saturated carbocycles. The minimum atomic E-state index is -5.11. The Kier molecular flexibility index (Phi) is 5.79. The average Bonchev–Trinajstić information content (AvgIpc) is 2.22. The third-order valence-electron chi connectivity index (χ3n) is 2.22. The van der Waals surface area contributed by atoms with E-state index in [2.05, 4.69) is 0 Å². The summed E-state index contributed by atoms with van der Waals surface area (Å²) in [5, 5.41) is 12.1. The summed E-state index contributed by atoms with van der Waals surface area (Å²) >= 11 is 0. The fourth-order valence-corrected chi connectivity index (χ4v) is 1.12. The molecule has 0 aliphatic carbocycles. The van der Waals surface area contributed by atoms with Crippen molar-refractivity contribution in [1.82, 2.24) is 10.6 Å². The van der Waals surface area contributed by atoms with Crippen LogP contribution in [0.15, 0.2) is 0 Å². The summed E-state index contributed by atoms with van der Waals surface area (Å²) in [7, 11) is 0. The topological polar surface area (TPSA) is 95.5 Å². The van der Waals surface area contributed by atoms with Gasteiger partial charge in [0.1, 0.15) is 12.1 Å². The van der Waals surface area contributed by atoms with Crippen molar-refractivity contribution in [1.29, 1.82) is 0 Å². The van der Waals surface area contributed by atoms with Gasteiger partial charge in [0.2, 0.25) is 5.91 Å². The summed E-state index contributed by atoms with van der Waals surface area (Å²) in [6.07, 6.45) is -5.11. The highest BCUT2D eigenvalue weighted by Gasteiger charge is 2.41.